The first-order valence-corrected chi connectivity index (χ1v) is 8.52. The largest absolute Gasteiger partial charge is 0.365 e. The topological polar surface area (TPSA) is 108 Å². The van der Waals surface area contributed by atoms with E-state index >= 15 is 0 Å². The molecule has 7 heteroatoms. The Kier molecular flexibility index (Phi) is 5.34. The van der Waals surface area contributed by atoms with Gasteiger partial charge in [-0.3, -0.25) is 9.89 Å². The number of hydrogen-bond acceptors (Lipinski definition) is 4. The summed E-state index contributed by atoms with van der Waals surface area (Å²) in [6.07, 6.45) is 1.97. The summed E-state index contributed by atoms with van der Waals surface area (Å²) in [5.74, 6) is -0.409. The number of amides is 1. The van der Waals surface area contributed by atoms with Crippen molar-refractivity contribution in [2.75, 3.05) is 0 Å². The van der Waals surface area contributed by atoms with Crippen LogP contribution in [0.2, 0.25) is 5.02 Å². The Labute approximate surface area is 161 Å². The summed E-state index contributed by atoms with van der Waals surface area (Å²) in [5.41, 5.74) is 9.44. The molecule has 0 saturated carbocycles. The number of carbonyl (C=O) groups is 1. The zero-order valence-electron chi connectivity index (χ0n) is 14.5. The van der Waals surface area contributed by atoms with E-state index in [1.54, 1.807) is 18.3 Å². The van der Waals surface area contributed by atoms with Gasteiger partial charge < -0.3 is 5.73 Å². The van der Waals surface area contributed by atoms with Crippen molar-refractivity contribution in [3.8, 4) is 6.07 Å². The van der Waals surface area contributed by atoms with Crippen LogP contribution < -0.4 is 5.73 Å². The number of primary amides is 1. The molecular weight excluding hydrogens is 362 g/mol. The minimum atomic E-state index is -0.616. The summed E-state index contributed by atoms with van der Waals surface area (Å²) in [6, 6.07) is 14.9. The molecular formula is C20H16ClN5O. The molecule has 6 nitrogen and oxygen atoms in total. The second-order valence-electron chi connectivity index (χ2n) is 6.02. The third kappa shape index (κ3) is 4.22. The summed E-state index contributed by atoms with van der Waals surface area (Å²) in [5, 5.41) is 16.7. The first-order chi connectivity index (χ1) is 13.0. The van der Waals surface area contributed by atoms with Crippen LogP contribution in [0.15, 0.2) is 47.5 Å². The molecule has 0 atom stereocenters. The zero-order chi connectivity index (χ0) is 19.4. The van der Waals surface area contributed by atoms with Crippen molar-refractivity contribution < 1.29 is 4.79 Å². The van der Waals surface area contributed by atoms with Gasteiger partial charge in [-0.05, 0) is 41.8 Å². The standard InChI is InChI=1S/C20H16ClN5O/c1-12-5-6-14(7-15(12)10-22)11-24-20-18(19(23)27)17(25-26-20)9-13-3-2-4-16(21)8-13/h2-8,11H,9H2,1H3,(H2,23,27)(H,25,26). The molecule has 3 N–H and O–H groups in total. The van der Waals surface area contributed by atoms with Crippen LogP contribution in [0.3, 0.4) is 0 Å². The number of nitriles is 1. The fraction of sp³-hybridized carbons (Fsp3) is 0.100. The van der Waals surface area contributed by atoms with Crippen molar-refractivity contribution in [3.63, 3.8) is 0 Å². The van der Waals surface area contributed by atoms with E-state index in [1.165, 1.54) is 0 Å². The van der Waals surface area contributed by atoms with Crippen molar-refractivity contribution in [1.29, 1.82) is 5.26 Å². The summed E-state index contributed by atoms with van der Waals surface area (Å²) in [7, 11) is 0. The van der Waals surface area contributed by atoms with E-state index in [4.69, 9.17) is 22.6 Å². The lowest BCUT2D eigenvalue weighted by molar-refractivity contribution is 0.100. The lowest BCUT2D eigenvalue weighted by Crippen LogP contribution is -2.13. The van der Waals surface area contributed by atoms with E-state index in [-0.39, 0.29) is 11.4 Å². The van der Waals surface area contributed by atoms with E-state index in [0.29, 0.717) is 22.7 Å². The normalized spacial score (nSPS) is 10.9. The van der Waals surface area contributed by atoms with Gasteiger partial charge in [0.15, 0.2) is 5.82 Å². The van der Waals surface area contributed by atoms with E-state index in [1.807, 2.05) is 37.3 Å². The van der Waals surface area contributed by atoms with Gasteiger partial charge in [0.25, 0.3) is 5.91 Å². The zero-order valence-corrected chi connectivity index (χ0v) is 15.3. The third-order valence-electron chi connectivity index (χ3n) is 4.06. The van der Waals surface area contributed by atoms with Crippen molar-refractivity contribution >= 4 is 29.5 Å². The molecule has 0 unspecified atom stereocenters. The average molecular weight is 378 g/mol. The molecule has 0 fully saturated rings. The number of nitrogens with one attached hydrogen (secondary N) is 1. The number of nitrogens with zero attached hydrogens (tertiary/aromatic N) is 3. The second-order valence-corrected chi connectivity index (χ2v) is 6.45. The maximum atomic E-state index is 11.9. The molecule has 0 radical (unpaired) electrons. The van der Waals surface area contributed by atoms with Crippen molar-refractivity contribution in [3.05, 3.63) is 81.0 Å². The minimum Gasteiger partial charge on any atom is -0.365 e. The fourth-order valence-corrected chi connectivity index (χ4v) is 2.89. The highest BCUT2D eigenvalue weighted by molar-refractivity contribution is 6.30. The van der Waals surface area contributed by atoms with Gasteiger partial charge in [0, 0.05) is 17.7 Å². The monoisotopic (exact) mass is 377 g/mol. The number of aryl methyl sites for hydroxylation is 1. The molecule has 27 heavy (non-hydrogen) atoms. The van der Waals surface area contributed by atoms with Crippen LogP contribution in [-0.4, -0.2) is 22.3 Å². The number of H-pyrrole nitrogens is 1. The number of benzene rings is 2. The van der Waals surface area contributed by atoms with Crippen LogP contribution in [-0.2, 0) is 6.42 Å². The third-order valence-corrected chi connectivity index (χ3v) is 4.29. The number of aliphatic imine (C=N–C) groups is 1. The Balaban J connectivity index is 1.91. The van der Waals surface area contributed by atoms with Gasteiger partial charge in [-0.15, -0.1) is 0 Å². The molecule has 1 aromatic heterocycles. The molecule has 0 aliphatic heterocycles. The Morgan fingerprint density at radius 3 is 2.89 bits per heavy atom. The summed E-state index contributed by atoms with van der Waals surface area (Å²) < 4.78 is 0. The number of aromatic amines is 1. The van der Waals surface area contributed by atoms with Gasteiger partial charge in [0.2, 0.25) is 0 Å². The van der Waals surface area contributed by atoms with E-state index in [0.717, 1.165) is 16.7 Å². The highest BCUT2D eigenvalue weighted by Crippen LogP contribution is 2.23. The molecule has 1 heterocycles. The number of aromatic nitrogens is 2. The average Bonchev–Trinajstić information content (AvgIpc) is 3.03. The Hall–Kier alpha value is -3.43. The smallest absolute Gasteiger partial charge is 0.254 e. The fourth-order valence-electron chi connectivity index (χ4n) is 2.67. The Bertz CT molecular complexity index is 1080. The molecule has 0 spiro atoms. The summed E-state index contributed by atoms with van der Waals surface area (Å²) in [4.78, 5) is 16.2. The van der Waals surface area contributed by atoms with Crippen LogP contribution in [0.5, 0.6) is 0 Å². The van der Waals surface area contributed by atoms with Gasteiger partial charge in [-0.25, -0.2) is 4.99 Å². The second kappa shape index (κ2) is 7.85. The van der Waals surface area contributed by atoms with Gasteiger partial charge in [-0.2, -0.15) is 10.4 Å². The molecule has 1 amide bonds. The number of hydrogen-bond donors (Lipinski definition) is 2. The summed E-state index contributed by atoms with van der Waals surface area (Å²) in [6.45, 7) is 1.86. The van der Waals surface area contributed by atoms with Crippen molar-refractivity contribution in [2.24, 2.45) is 10.7 Å². The van der Waals surface area contributed by atoms with Crippen LogP contribution in [0.1, 0.15) is 38.3 Å². The van der Waals surface area contributed by atoms with Crippen molar-refractivity contribution in [1.82, 2.24) is 10.2 Å². The van der Waals surface area contributed by atoms with Crippen LogP contribution >= 0.6 is 11.6 Å². The van der Waals surface area contributed by atoms with Gasteiger partial charge in [-0.1, -0.05) is 35.9 Å². The highest BCUT2D eigenvalue weighted by Gasteiger charge is 2.18. The maximum Gasteiger partial charge on any atom is 0.254 e. The first-order valence-electron chi connectivity index (χ1n) is 8.14. The minimum absolute atomic E-state index is 0.207. The molecule has 0 aliphatic carbocycles. The number of nitrogens with two attached hydrogens (primary N) is 1. The molecule has 3 rings (SSSR count). The predicted octanol–water partition coefficient (Wildman–Crippen LogP) is 3.68. The molecule has 2 aromatic carbocycles. The molecule has 0 aliphatic rings. The number of rotatable bonds is 5. The van der Waals surface area contributed by atoms with Crippen LogP contribution in [0.25, 0.3) is 0 Å². The lowest BCUT2D eigenvalue weighted by atomic mass is 10.1. The van der Waals surface area contributed by atoms with Crippen molar-refractivity contribution in [2.45, 2.75) is 13.3 Å². The highest BCUT2D eigenvalue weighted by atomic mass is 35.5. The van der Waals surface area contributed by atoms with Gasteiger partial charge in [0.1, 0.15) is 5.56 Å². The SMILES string of the molecule is Cc1ccc(C=Nc2n[nH]c(Cc3cccc(Cl)c3)c2C(N)=O)cc1C#N. The van der Waals surface area contributed by atoms with E-state index < -0.39 is 5.91 Å². The molecule has 3 aromatic rings. The maximum absolute atomic E-state index is 11.9. The van der Waals surface area contributed by atoms with E-state index in [9.17, 15) is 4.79 Å². The first kappa shape index (κ1) is 18.4. The van der Waals surface area contributed by atoms with Gasteiger partial charge >= 0.3 is 0 Å². The lowest BCUT2D eigenvalue weighted by Gasteiger charge is -2.02. The van der Waals surface area contributed by atoms with E-state index in [2.05, 4.69) is 21.3 Å². The quantitative estimate of drug-likeness (QED) is 0.662. The molecule has 0 bridgehead atoms. The Morgan fingerprint density at radius 2 is 2.19 bits per heavy atom. The van der Waals surface area contributed by atoms with Gasteiger partial charge in [0.05, 0.1) is 17.3 Å². The van der Waals surface area contributed by atoms with Crippen LogP contribution in [0, 0.1) is 18.3 Å². The van der Waals surface area contributed by atoms with Crippen LogP contribution in [0.4, 0.5) is 5.82 Å². The number of carbonyl (C=O) groups excluding carboxylic acids is 1. The Morgan fingerprint density at radius 1 is 1.37 bits per heavy atom. The summed E-state index contributed by atoms with van der Waals surface area (Å²) >= 11 is 6.01. The molecule has 134 valence electrons. The predicted molar refractivity (Wildman–Crippen MR) is 105 cm³/mol. The molecule has 0 saturated heterocycles. The number of halogens is 1.